The second-order valence-electron chi connectivity index (χ2n) is 2.92. The van der Waals surface area contributed by atoms with Gasteiger partial charge in [-0.25, -0.2) is 0 Å². The maximum Gasteiger partial charge on any atom is 0.128 e. The van der Waals surface area contributed by atoms with Crippen molar-refractivity contribution in [2.45, 2.75) is 32.7 Å². The Bertz CT molecular complexity index is 184. The van der Waals surface area contributed by atoms with Gasteiger partial charge in [-0.2, -0.15) is 0 Å². The van der Waals surface area contributed by atoms with Crippen molar-refractivity contribution in [2.24, 2.45) is 0 Å². The molecule has 0 saturated heterocycles. The molecule has 1 N–H and O–H groups in total. The molecule has 0 aromatic carbocycles. The second kappa shape index (κ2) is 5.77. The van der Waals surface area contributed by atoms with E-state index in [1.165, 1.54) is 19.3 Å². The van der Waals surface area contributed by atoms with Gasteiger partial charge in [-0.15, -0.1) is 0 Å². The minimum absolute atomic E-state index is 0.868. The summed E-state index contributed by atoms with van der Waals surface area (Å²) in [6.07, 6.45) is 7.24. The van der Waals surface area contributed by atoms with E-state index in [1.807, 2.05) is 0 Å². The summed E-state index contributed by atoms with van der Waals surface area (Å²) >= 11 is 0. The van der Waals surface area contributed by atoms with Crippen molar-refractivity contribution < 1.29 is 4.52 Å². The molecule has 3 heteroatoms. The van der Waals surface area contributed by atoms with Gasteiger partial charge < -0.3 is 9.84 Å². The van der Waals surface area contributed by atoms with Gasteiger partial charge in [0.15, 0.2) is 0 Å². The topological polar surface area (TPSA) is 38.1 Å². The van der Waals surface area contributed by atoms with Gasteiger partial charge in [0.2, 0.25) is 0 Å². The van der Waals surface area contributed by atoms with Gasteiger partial charge in [0.1, 0.15) is 6.26 Å². The van der Waals surface area contributed by atoms with E-state index in [1.54, 1.807) is 12.5 Å². The van der Waals surface area contributed by atoms with Gasteiger partial charge >= 0.3 is 0 Å². The summed E-state index contributed by atoms with van der Waals surface area (Å²) in [4.78, 5) is 0. The highest BCUT2D eigenvalue weighted by molar-refractivity contribution is 4.98. The number of nitrogens with one attached hydrogen (secondary N) is 1. The zero-order valence-corrected chi connectivity index (χ0v) is 7.55. The third kappa shape index (κ3) is 3.53. The van der Waals surface area contributed by atoms with Gasteiger partial charge in [-0.1, -0.05) is 24.9 Å². The molecule has 0 bridgehead atoms. The molecule has 68 valence electrons. The Hall–Kier alpha value is -0.830. The number of hydrogen-bond acceptors (Lipinski definition) is 3. The van der Waals surface area contributed by atoms with Crippen LogP contribution < -0.4 is 5.32 Å². The maximum atomic E-state index is 4.70. The molecule has 1 heterocycles. The van der Waals surface area contributed by atoms with E-state index in [0.717, 1.165) is 18.7 Å². The van der Waals surface area contributed by atoms with Crippen LogP contribution in [0.15, 0.2) is 17.0 Å². The Morgan fingerprint density at radius 1 is 1.50 bits per heavy atom. The molecule has 0 fully saturated rings. The quantitative estimate of drug-likeness (QED) is 0.660. The number of unbranched alkanes of at least 4 members (excludes halogenated alkanes) is 2. The standard InChI is InChI=1S/C9H16N2O/c1-2-3-4-5-10-6-9-7-11-12-8-9/h7-8,10H,2-6H2,1H3. The predicted octanol–water partition coefficient (Wildman–Crippen LogP) is 1.95. The summed E-state index contributed by atoms with van der Waals surface area (Å²) in [6, 6.07) is 0. The van der Waals surface area contributed by atoms with Crippen LogP contribution in [0.2, 0.25) is 0 Å². The number of aromatic nitrogens is 1. The van der Waals surface area contributed by atoms with Crippen LogP contribution in [0, 0.1) is 0 Å². The number of nitrogens with zero attached hydrogens (tertiary/aromatic N) is 1. The normalized spacial score (nSPS) is 10.4. The molecule has 3 nitrogen and oxygen atoms in total. The SMILES string of the molecule is CCCCCNCc1cnoc1. The van der Waals surface area contributed by atoms with E-state index < -0.39 is 0 Å². The van der Waals surface area contributed by atoms with Gasteiger partial charge in [-0.3, -0.25) is 0 Å². The Balaban J connectivity index is 1.96. The zero-order valence-electron chi connectivity index (χ0n) is 7.55. The minimum atomic E-state index is 0.868. The molecule has 0 aliphatic rings. The minimum Gasteiger partial charge on any atom is -0.364 e. The lowest BCUT2D eigenvalue weighted by Gasteiger charge is -2.00. The maximum absolute atomic E-state index is 4.70. The van der Waals surface area contributed by atoms with Crippen LogP contribution in [0.4, 0.5) is 0 Å². The Morgan fingerprint density at radius 2 is 2.42 bits per heavy atom. The summed E-state index contributed by atoms with van der Waals surface area (Å²) in [6.45, 7) is 4.16. The first-order chi connectivity index (χ1) is 5.93. The zero-order chi connectivity index (χ0) is 8.65. The van der Waals surface area contributed by atoms with Gasteiger partial charge in [0, 0.05) is 12.1 Å². The Labute approximate surface area is 73.1 Å². The van der Waals surface area contributed by atoms with E-state index in [2.05, 4.69) is 17.4 Å². The molecular formula is C9H16N2O. The summed E-state index contributed by atoms with van der Waals surface area (Å²) < 4.78 is 4.70. The molecule has 0 amide bonds. The summed E-state index contributed by atoms with van der Waals surface area (Å²) in [7, 11) is 0. The van der Waals surface area contributed by atoms with Crippen LogP contribution in [0.1, 0.15) is 31.7 Å². The van der Waals surface area contributed by atoms with Crippen molar-refractivity contribution in [3.8, 4) is 0 Å². The third-order valence-corrected chi connectivity index (χ3v) is 1.77. The summed E-state index contributed by atoms with van der Waals surface area (Å²) in [5, 5.41) is 6.94. The molecule has 1 rings (SSSR count). The van der Waals surface area contributed by atoms with Crippen molar-refractivity contribution in [2.75, 3.05) is 6.54 Å². The molecule has 0 unspecified atom stereocenters. The van der Waals surface area contributed by atoms with E-state index in [9.17, 15) is 0 Å². The molecular weight excluding hydrogens is 152 g/mol. The fraction of sp³-hybridized carbons (Fsp3) is 0.667. The van der Waals surface area contributed by atoms with E-state index in [0.29, 0.717) is 0 Å². The van der Waals surface area contributed by atoms with Crippen LogP contribution >= 0.6 is 0 Å². The first-order valence-corrected chi connectivity index (χ1v) is 4.52. The Kier molecular flexibility index (Phi) is 4.46. The molecule has 0 saturated carbocycles. The molecule has 1 aromatic rings. The molecule has 0 atom stereocenters. The van der Waals surface area contributed by atoms with Crippen molar-refractivity contribution in [3.05, 3.63) is 18.0 Å². The van der Waals surface area contributed by atoms with Crippen molar-refractivity contribution in [1.29, 1.82) is 0 Å². The molecule has 0 radical (unpaired) electrons. The van der Waals surface area contributed by atoms with Crippen LogP contribution in [-0.4, -0.2) is 11.7 Å². The van der Waals surface area contributed by atoms with Crippen LogP contribution in [-0.2, 0) is 6.54 Å². The molecule has 0 spiro atoms. The lowest BCUT2D eigenvalue weighted by Crippen LogP contribution is -2.13. The number of hydrogen-bond donors (Lipinski definition) is 1. The second-order valence-corrected chi connectivity index (χ2v) is 2.92. The molecule has 0 aliphatic heterocycles. The molecule has 12 heavy (non-hydrogen) atoms. The number of rotatable bonds is 6. The lowest BCUT2D eigenvalue weighted by molar-refractivity contribution is 0.418. The largest absolute Gasteiger partial charge is 0.364 e. The van der Waals surface area contributed by atoms with E-state index in [-0.39, 0.29) is 0 Å². The van der Waals surface area contributed by atoms with Gasteiger partial charge in [0.05, 0.1) is 6.20 Å². The van der Waals surface area contributed by atoms with Gasteiger partial charge in [0.25, 0.3) is 0 Å². The Morgan fingerprint density at radius 3 is 3.08 bits per heavy atom. The van der Waals surface area contributed by atoms with Gasteiger partial charge in [-0.05, 0) is 13.0 Å². The highest BCUT2D eigenvalue weighted by Crippen LogP contribution is 1.96. The van der Waals surface area contributed by atoms with Crippen molar-refractivity contribution >= 4 is 0 Å². The summed E-state index contributed by atoms with van der Waals surface area (Å²) in [5.41, 5.74) is 1.12. The fourth-order valence-electron chi connectivity index (χ4n) is 1.05. The lowest BCUT2D eigenvalue weighted by atomic mass is 10.2. The van der Waals surface area contributed by atoms with Crippen LogP contribution in [0.5, 0.6) is 0 Å². The van der Waals surface area contributed by atoms with Crippen LogP contribution in [0.3, 0.4) is 0 Å². The molecule has 0 aliphatic carbocycles. The highest BCUT2D eigenvalue weighted by Gasteiger charge is 1.93. The highest BCUT2D eigenvalue weighted by atomic mass is 16.5. The van der Waals surface area contributed by atoms with Crippen molar-refractivity contribution in [1.82, 2.24) is 10.5 Å². The first kappa shape index (κ1) is 9.26. The first-order valence-electron chi connectivity index (χ1n) is 4.52. The van der Waals surface area contributed by atoms with E-state index in [4.69, 9.17) is 4.52 Å². The monoisotopic (exact) mass is 168 g/mol. The summed E-state index contributed by atoms with van der Waals surface area (Å²) in [5.74, 6) is 0. The average Bonchev–Trinajstić information content (AvgIpc) is 2.57. The van der Waals surface area contributed by atoms with Crippen molar-refractivity contribution in [3.63, 3.8) is 0 Å². The fourth-order valence-corrected chi connectivity index (χ4v) is 1.05. The van der Waals surface area contributed by atoms with E-state index >= 15 is 0 Å². The third-order valence-electron chi connectivity index (χ3n) is 1.77. The smallest absolute Gasteiger partial charge is 0.128 e. The molecule has 1 aromatic heterocycles. The average molecular weight is 168 g/mol. The van der Waals surface area contributed by atoms with Crippen LogP contribution in [0.25, 0.3) is 0 Å². The predicted molar refractivity (Wildman–Crippen MR) is 47.7 cm³/mol.